The zero-order valence-electron chi connectivity index (χ0n) is 14.7. The lowest BCUT2D eigenvalue weighted by atomic mass is 10.2. The van der Waals surface area contributed by atoms with Gasteiger partial charge in [0.25, 0.3) is 24.4 Å². The Morgan fingerprint density at radius 3 is 2.57 bits per heavy atom. The lowest BCUT2D eigenvalue weighted by molar-refractivity contribution is -0.383. The zero-order chi connectivity index (χ0) is 22.0. The van der Waals surface area contributed by atoms with E-state index in [0.717, 1.165) is 6.07 Å². The number of aromatic nitrogens is 2. The number of furan rings is 1. The number of hydrogen-bond acceptors (Lipinski definition) is 5. The second kappa shape index (κ2) is 8.53. The smallest absolute Gasteiger partial charge is 0.294 e. The molecule has 1 aromatic carbocycles. The predicted molar refractivity (Wildman–Crippen MR) is 96.0 cm³/mol. The number of alkyl halides is 4. The van der Waals surface area contributed by atoms with E-state index in [2.05, 4.69) is 10.4 Å². The molecule has 8 nitrogen and oxygen atoms in total. The van der Waals surface area contributed by atoms with E-state index in [1.54, 1.807) is 0 Å². The lowest BCUT2D eigenvalue weighted by Crippen LogP contribution is -2.12. The van der Waals surface area contributed by atoms with Crippen molar-refractivity contribution in [3.05, 3.63) is 74.4 Å². The van der Waals surface area contributed by atoms with Gasteiger partial charge in [0, 0.05) is 11.1 Å². The van der Waals surface area contributed by atoms with Crippen LogP contribution in [0.1, 0.15) is 40.6 Å². The quantitative estimate of drug-likeness (QED) is 0.305. The number of hydrogen-bond donors (Lipinski definition) is 1. The zero-order valence-corrected chi connectivity index (χ0v) is 15.4. The molecule has 0 aliphatic carbocycles. The second-order valence-electron chi connectivity index (χ2n) is 5.89. The van der Waals surface area contributed by atoms with Crippen LogP contribution < -0.4 is 5.32 Å². The summed E-state index contributed by atoms with van der Waals surface area (Å²) in [6.45, 7) is -0.430. The van der Waals surface area contributed by atoms with Gasteiger partial charge in [0.15, 0.2) is 5.76 Å². The van der Waals surface area contributed by atoms with Crippen LogP contribution in [0.15, 0.2) is 40.8 Å². The first-order chi connectivity index (χ1) is 14.2. The Morgan fingerprint density at radius 2 is 1.93 bits per heavy atom. The van der Waals surface area contributed by atoms with Crippen molar-refractivity contribution in [2.75, 3.05) is 5.32 Å². The van der Waals surface area contributed by atoms with Gasteiger partial charge in [-0.15, -0.1) is 0 Å². The van der Waals surface area contributed by atoms with Gasteiger partial charge in [0.05, 0.1) is 11.5 Å². The van der Waals surface area contributed by atoms with Gasteiger partial charge in [-0.2, -0.15) is 5.10 Å². The molecule has 1 amide bonds. The third-order valence-corrected chi connectivity index (χ3v) is 4.11. The minimum Gasteiger partial charge on any atom is -0.454 e. The SMILES string of the molecule is O=C(Nc1ccc(Cl)cc1[N+](=O)[O-])c1ccc(Cn2nc(C(F)F)cc2C(F)F)o1. The molecule has 0 spiro atoms. The van der Waals surface area contributed by atoms with E-state index >= 15 is 0 Å². The molecule has 0 aliphatic heterocycles. The molecule has 0 aliphatic rings. The standard InChI is InChI=1S/C17H11ClF4N4O4/c18-8-1-3-10(12(5-8)26(28)29)23-17(27)14-4-2-9(30-14)7-25-13(16(21)22)6-11(24-25)15(19)20/h1-6,15-16H,7H2,(H,23,27). The fraction of sp³-hybridized carbons (Fsp3) is 0.176. The summed E-state index contributed by atoms with van der Waals surface area (Å²) >= 11 is 5.71. The maximum Gasteiger partial charge on any atom is 0.294 e. The van der Waals surface area contributed by atoms with Crippen LogP contribution >= 0.6 is 11.6 Å². The summed E-state index contributed by atoms with van der Waals surface area (Å²) in [5.41, 5.74) is -2.13. The lowest BCUT2D eigenvalue weighted by Gasteiger charge is -2.06. The Bertz CT molecular complexity index is 1100. The fourth-order valence-electron chi connectivity index (χ4n) is 2.54. The monoisotopic (exact) mass is 446 g/mol. The maximum absolute atomic E-state index is 13.0. The van der Waals surface area contributed by atoms with Crippen LogP contribution in [0.5, 0.6) is 0 Å². The summed E-state index contributed by atoms with van der Waals surface area (Å²) in [6.07, 6.45) is -6.08. The molecule has 0 saturated carbocycles. The van der Waals surface area contributed by atoms with E-state index in [1.807, 2.05) is 0 Å². The van der Waals surface area contributed by atoms with Crippen LogP contribution in [0.3, 0.4) is 0 Å². The molecule has 3 rings (SSSR count). The molecule has 0 atom stereocenters. The number of amides is 1. The van der Waals surface area contributed by atoms with E-state index < -0.39 is 47.3 Å². The number of carbonyl (C=O) groups is 1. The van der Waals surface area contributed by atoms with Crippen molar-refractivity contribution >= 4 is 28.9 Å². The minimum atomic E-state index is -3.05. The molecule has 0 bridgehead atoms. The molecule has 0 saturated heterocycles. The Labute approximate surface area is 170 Å². The van der Waals surface area contributed by atoms with Crippen molar-refractivity contribution in [1.82, 2.24) is 9.78 Å². The number of benzene rings is 1. The molecular weight excluding hydrogens is 436 g/mol. The number of nitro benzene ring substituents is 1. The summed E-state index contributed by atoms with van der Waals surface area (Å²) in [4.78, 5) is 22.7. The van der Waals surface area contributed by atoms with Crippen molar-refractivity contribution in [1.29, 1.82) is 0 Å². The van der Waals surface area contributed by atoms with E-state index in [1.165, 1.54) is 24.3 Å². The molecule has 158 valence electrons. The van der Waals surface area contributed by atoms with E-state index in [4.69, 9.17) is 16.0 Å². The molecule has 30 heavy (non-hydrogen) atoms. The summed E-state index contributed by atoms with van der Waals surface area (Å²) < 4.78 is 57.5. The van der Waals surface area contributed by atoms with Crippen LogP contribution in [0.4, 0.5) is 28.9 Å². The highest BCUT2D eigenvalue weighted by Gasteiger charge is 2.23. The average molecular weight is 447 g/mol. The predicted octanol–water partition coefficient (Wildman–Crippen LogP) is 5.21. The first-order valence-corrected chi connectivity index (χ1v) is 8.51. The van der Waals surface area contributed by atoms with Crippen molar-refractivity contribution < 1.29 is 31.7 Å². The summed E-state index contributed by atoms with van der Waals surface area (Å²) in [7, 11) is 0. The van der Waals surface area contributed by atoms with E-state index in [0.29, 0.717) is 10.7 Å². The van der Waals surface area contributed by atoms with Gasteiger partial charge in [-0.25, -0.2) is 17.6 Å². The largest absolute Gasteiger partial charge is 0.454 e. The normalized spacial score (nSPS) is 11.3. The van der Waals surface area contributed by atoms with Crippen molar-refractivity contribution in [3.63, 3.8) is 0 Å². The van der Waals surface area contributed by atoms with Gasteiger partial charge in [0.2, 0.25) is 0 Å². The number of nitrogens with zero attached hydrogens (tertiary/aromatic N) is 3. The molecule has 0 fully saturated rings. The number of nitro groups is 1. The van der Waals surface area contributed by atoms with Gasteiger partial charge in [0.1, 0.15) is 22.8 Å². The third-order valence-electron chi connectivity index (χ3n) is 3.87. The average Bonchev–Trinajstić information content (AvgIpc) is 3.30. The molecule has 3 aromatic rings. The van der Waals surface area contributed by atoms with E-state index in [-0.39, 0.29) is 22.2 Å². The number of carbonyl (C=O) groups excluding carboxylic acids is 1. The van der Waals surface area contributed by atoms with Crippen LogP contribution in [0, 0.1) is 10.1 Å². The highest BCUT2D eigenvalue weighted by molar-refractivity contribution is 6.31. The molecule has 2 heterocycles. The summed E-state index contributed by atoms with van der Waals surface area (Å²) in [6, 6.07) is 6.67. The van der Waals surface area contributed by atoms with Gasteiger partial charge >= 0.3 is 0 Å². The van der Waals surface area contributed by atoms with Crippen molar-refractivity contribution in [3.8, 4) is 0 Å². The maximum atomic E-state index is 13.0. The van der Waals surface area contributed by atoms with Gasteiger partial charge in [-0.3, -0.25) is 19.6 Å². The molecule has 0 radical (unpaired) electrons. The molecular formula is C17H11ClF4N4O4. The third kappa shape index (κ3) is 4.59. The van der Waals surface area contributed by atoms with Crippen LogP contribution in [0.2, 0.25) is 5.02 Å². The van der Waals surface area contributed by atoms with Crippen molar-refractivity contribution in [2.24, 2.45) is 0 Å². The van der Waals surface area contributed by atoms with Crippen LogP contribution in [-0.2, 0) is 6.54 Å². The van der Waals surface area contributed by atoms with Gasteiger partial charge in [-0.05, 0) is 30.3 Å². The van der Waals surface area contributed by atoms with E-state index in [9.17, 15) is 32.5 Å². The highest BCUT2D eigenvalue weighted by atomic mass is 35.5. The van der Waals surface area contributed by atoms with Gasteiger partial charge in [-0.1, -0.05) is 11.6 Å². The first kappa shape index (κ1) is 21.3. The molecule has 0 unspecified atom stereocenters. The topological polar surface area (TPSA) is 103 Å². The number of nitrogens with one attached hydrogen (secondary N) is 1. The molecule has 13 heteroatoms. The Morgan fingerprint density at radius 1 is 1.20 bits per heavy atom. The molecule has 1 N–H and O–H groups in total. The van der Waals surface area contributed by atoms with Crippen LogP contribution in [-0.4, -0.2) is 20.6 Å². The highest BCUT2D eigenvalue weighted by Crippen LogP contribution is 2.29. The summed E-state index contributed by atoms with van der Waals surface area (Å²) in [5.74, 6) is -1.15. The Kier molecular flexibility index (Phi) is 6.06. The first-order valence-electron chi connectivity index (χ1n) is 8.13. The number of rotatable bonds is 7. The number of halogens is 5. The summed E-state index contributed by atoms with van der Waals surface area (Å²) in [5, 5.41) is 16.9. The van der Waals surface area contributed by atoms with Gasteiger partial charge < -0.3 is 9.73 Å². The Hall–Kier alpha value is -3.41. The fourth-order valence-corrected chi connectivity index (χ4v) is 2.71. The molecule has 2 aromatic heterocycles. The number of anilines is 1. The van der Waals surface area contributed by atoms with Crippen LogP contribution in [0.25, 0.3) is 0 Å². The van der Waals surface area contributed by atoms with Crippen molar-refractivity contribution in [2.45, 2.75) is 19.4 Å². The second-order valence-corrected chi connectivity index (χ2v) is 6.33. The Balaban J connectivity index is 1.79. The minimum absolute atomic E-state index is 0.0171.